The van der Waals surface area contributed by atoms with Crippen LogP contribution in [0.15, 0.2) is 36.5 Å². The maximum Gasteiger partial charge on any atom is 0.182 e. The number of ether oxygens (including phenoxy) is 3. The predicted octanol–water partition coefficient (Wildman–Crippen LogP) is -0.516. The number of aromatic nitrogens is 3. The van der Waals surface area contributed by atoms with E-state index in [2.05, 4.69) is 10.3 Å². The second kappa shape index (κ2) is 7.89. The van der Waals surface area contributed by atoms with Crippen LogP contribution in [0.5, 0.6) is 5.75 Å². The van der Waals surface area contributed by atoms with Crippen molar-refractivity contribution in [2.45, 2.75) is 37.3 Å². The number of para-hydroxylation sites is 1. The van der Waals surface area contributed by atoms with Gasteiger partial charge in [-0.1, -0.05) is 23.4 Å². The fourth-order valence-electron chi connectivity index (χ4n) is 2.74. The maximum absolute atomic E-state index is 10.4. The monoisotopic (exact) mass is 351 g/mol. The van der Waals surface area contributed by atoms with E-state index in [0.717, 1.165) is 0 Å². The lowest BCUT2D eigenvalue weighted by atomic mass is 9.97. The van der Waals surface area contributed by atoms with Crippen molar-refractivity contribution >= 4 is 0 Å². The molecule has 0 aliphatic carbocycles. The van der Waals surface area contributed by atoms with Gasteiger partial charge in [0.25, 0.3) is 0 Å². The highest BCUT2D eigenvalue weighted by Gasteiger charge is 2.46. The second-order valence-corrected chi connectivity index (χ2v) is 5.72. The van der Waals surface area contributed by atoms with E-state index < -0.39 is 37.3 Å². The van der Waals surface area contributed by atoms with E-state index in [1.165, 1.54) is 11.8 Å². The molecule has 5 atom stereocenters. The summed E-state index contributed by atoms with van der Waals surface area (Å²) in [5, 5.41) is 37.7. The van der Waals surface area contributed by atoms with Gasteiger partial charge in [0.2, 0.25) is 0 Å². The zero-order chi connectivity index (χ0) is 17.8. The first-order valence-corrected chi connectivity index (χ1v) is 7.88. The van der Waals surface area contributed by atoms with Gasteiger partial charge in [-0.2, -0.15) is 0 Å². The summed E-state index contributed by atoms with van der Waals surface area (Å²) in [6.45, 7) is -0.231. The van der Waals surface area contributed by atoms with Crippen molar-refractivity contribution in [3.05, 3.63) is 42.2 Å². The van der Waals surface area contributed by atoms with Crippen LogP contribution in [0.2, 0.25) is 0 Å². The van der Waals surface area contributed by atoms with E-state index in [9.17, 15) is 15.3 Å². The van der Waals surface area contributed by atoms with Crippen LogP contribution in [-0.4, -0.2) is 68.6 Å². The summed E-state index contributed by atoms with van der Waals surface area (Å²) >= 11 is 0. The van der Waals surface area contributed by atoms with Crippen molar-refractivity contribution in [3.63, 3.8) is 0 Å². The summed E-state index contributed by atoms with van der Waals surface area (Å²) in [4.78, 5) is 0. The van der Waals surface area contributed by atoms with Gasteiger partial charge < -0.3 is 29.5 Å². The fraction of sp³-hybridized carbons (Fsp3) is 0.500. The molecule has 0 radical (unpaired) electrons. The van der Waals surface area contributed by atoms with E-state index in [1.807, 2.05) is 30.3 Å². The lowest BCUT2D eigenvalue weighted by Crippen LogP contribution is -2.56. The normalized spacial score (nSPS) is 29.5. The molecule has 1 aliphatic heterocycles. The Hall–Kier alpha value is -2.04. The van der Waals surface area contributed by atoms with Crippen LogP contribution in [0.4, 0.5) is 0 Å². The van der Waals surface area contributed by atoms with Gasteiger partial charge in [-0.25, -0.2) is 4.68 Å². The number of benzene rings is 1. The quantitative estimate of drug-likeness (QED) is 0.636. The molecule has 25 heavy (non-hydrogen) atoms. The van der Waals surface area contributed by atoms with Crippen LogP contribution in [0.3, 0.4) is 0 Å². The molecule has 3 N–H and O–H groups in total. The topological polar surface area (TPSA) is 119 Å². The molecule has 1 fully saturated rings. The lowest BCUT2D eigenvalue weighted by Gasteiger charge is -2.41. The molecule has 9 nitrogen and oxygen atoms in total. The van der Waals surface area contributed by atoms with Crippen molar-refractivity contribution < 1.29 is 29.5 Å². The molecule has 0 amide bonds. The summed E-state index contributed by atoms with van der Waals surface area (Å²) in [7, 11) is 1.41. The Bertz CT molecular complexity index is 665. The van der Waals surface area contributed by atoms with Gasteiger partial charge in [-0.15, -0.1) is 5.10 Å². The van der Waals surface area contributed by atoms with E-state index in [4.69, 9.17) is 14.2 Å². The number of hydrogen-bond donors (Lipinski definition) is 3. The summed E-state index contributed by atoms with van der Waals surface area (Å²) < 4.78 is 17.7. The van der Waals surface area contributed by atoms with Crippen molar-refractivity contribution in [1.82, 2.24) is 15.0 Å². The maximum atomic E-state index is 10.4. The first-order valence-electron chi connectivity index (χ1n) is 7.88. The van der Waals surface area contributed by atoms with Crippen LogP contribution in [0.25, 0.3) is 0 Å². The minimum absolute atomic E-state index is 0.202. The number of methoxy groups -OCH3 is 1. The van der Waals surface area contributed by atoms with Crippen LogP contribution >= 0.6 is 0 Å². The SMILES string of the molecule is CO[C@@H]1O[C@H](CO)[C@@H](O)[C@H](O)[C@H]1n1cc(COc2ccccc2)nn1. The Kier molecular flexibility index (Phi) is 5.61. The van der Waals surface area contributed by atoms with E-state index in [1.54, 1.807) is 6.20 Å². The summed E-state index contributed by atoms with van der Waals surface area (Å²) in [5.74, 6) is 0.703. The van der Waals surface area contributed by atoms with Gasteiger partial charge in [0, 0.05) is 7.11 Å². The Labute approximate surface area is 144 Å². The zero-order valence-electron chi connectivity index (χ0n) is 13.7. The Balaban J connectivity index is 1.71. The Morgan fingerprint density at radius 3 is 2.64 bits per heavy atom. The summed E-state index contributed by atoms with van der Waals surface area (Å²) in [6, 6.07) is 8.48. The Morgan fingerprint density at radius 1 is 1.20 bits per heavy atom. The fourth-order valence-corrected chi connectivity index (χ4v) is 2.74. The summed E-state index contributed by atoms with van der Waals surface area (Å²) in [5.41, 5.74) is 0.546. The average Bonchev–Trinajstić information content (AvgIpc) is 3.11. The Morgan fingerprint density at radius 2 is 1.96 bits per heavy atom. The molecular weight excluding hydrogens is 330 g/mol. The third kappa shape index (κ3) is 3.80. The number of rotatable bonds is 6. The van der Waals surface area contributed by atoms with E-state index in [-0.39, 0.29) is 6.61 Å². The molecule has 136 valence electrons. The standard InChI is InChI=1S/C16H21N3O6/c1-23-16-13(15(22)14(21)12(8-20)25-16)19-7-10(17-18-19)9-24-11-5-3-2-4-6-11/h2-7,12-16,20-22H,8-9H2,1H3/t12-,13-,14-,15-,16-/m1/s1. The lowest BCUT2D eigenvalue weighted by molar-refractivity contribution is -0.274. The molecule has 0 bridgehead atoms. The second-order valence-electron chi connectivity index (χ2n) is 5.72. The van der Waals surface area contributed by atoms with Gasteiger partial charge in [-0.3, -0.25) is 0 Å². The number of aliphatic hydroxyl groups excluding tert-OH is 3. The third-order valence-corrected chi connectivity index (χ3v) is 4.07. The molecular formula is C16H21N3O6. The molecule has 2 aromatic rings. The number of aliphatic hydroxyl groups is 3. The zero-order valence-corrected chi connectivity index (χ0v) is 13.7. The van der Waals surface area contributed by atoms with Crippen LogP contribution in [0, 0.1) is 0 Å². The van der Waals surface area contributed by atoms with Crippen molar-refractivity contribution in [1.29, 1.82) is 0 Å². The minimum atomic E-state index is -1.27. The van der Waals surface area contributed by atoms with Crippen LogP contribution in [-0.2, 0) is 16.1 Å². The van der Waals surface area contributed by atoms with Crippen LogP contribution < -0.4 is 4.74 Å². The molecule has 1 aliphatic rings. The molecule has 0 spiro atoms. The van der Waals surface area contributed by atoms with E-state index >= 15 is 0 Å². The van der Waals surface area contributed by atoms with E-state index in [0.29, 0.717) is 11.4 Å². The third-order valence-electron chi connectivity index (χ3n) is 4.07. The molecule has 9 heteroatoms. The largest absolute Gasteiger partial charge is 0.487 e. The first-order chi connectivity index (χ1) is 12.1. The van der Waals surface area contributed by atoms with Crippen molar-refractivity contribution in [2.75, 3.05) is 13.7 Å². The number of hydrogen-bond acceptors (Lipinski definition) is 8. The molecule has 2 heterocycles. The molecule has 3 rings (SSSR count). The smallest absolute Gasteiger partial charge is 0.182 e. The van der Waals surface area contributed by atoms with Crippen molar-refractivity contribution in [2.24, 2.45) is 0 Å². The highest BCUT2D eigenvalue weighted by molar-refractivity contribution is 5.21. The van der Waals surface area contributed by atoms with Crippen LogP contribution in [0.1, 0.15) is 11.7 Å². The minimum Gasteiger partial charge on any atom is -0.487 e. The summed E-state index contributed by atoms with van der Waals surface area (Å²) in [6.07, 6.45) is -2.73. The van der Waals surface area contributed by atoms with Crippen molar-refractivity contribution in [3.8, 4) is 5.75 Å². The molecule has 0 unspecified atom stereocenters. The highest BCUT2D eigenvalue weighted by Crippen LogP contribution is 2.30. The van der Waals surface area contributed by atoms with Gasteiger partial charge >= 0.3 is 0 Å². The molecule has 1 aromatic carbocycles. The van der Waals surface area contributed by atoms with Gasteiger partial charge in [-0.05, 0) is 12.1 Å². The number of nitrogens with zero attached hydrogens (tertiary/aromatic N) is 3. The molecule has 1 aromatic heterocycles. The highest BCUT2D eigenvalue weighted by atomic mass is 16.7. The average molecular weight is 351 g/mol. The van der Waals surface area contributed by atoms with Gasteiger partial charge in [0.1, 0.15) is 42.4 Å². The first kappa shape index (κ1) is 17.8. The van der Waals surface area contributed by atoms with Gasteiger partial charge in [0.05, 0.1) is 12.8 Å². The van der Waals surface area contributed by atoms with Gasteiger partial charge in [0.15, 0.2) is 6.29 Å². The predicted molar refractivity (Wildman–Crippen MR) is 84.6 cm³/mol. The molecule has 0 saturated carbocycles. The molecule has 1 saturated heterocycles.